The zero-order valence-corrected chi connectivity index (χ0v) is 10.1. The fourth-order valence-corrected chi connectivity index (χ4v) is 1.70. The molecule has 3 N–H and O–H groups in total. The van der Waals surface area contributed by atoms with Crippen molar-refractivity contribution in [3.63, 3.8) is 0 Å². The summed E-state index contributed by atoms with van der Waals surface area (Å²) < 4.78 is 5.20. The summed E-state index contributed by atoms with van der Waals surface area (Å²) in [7, 11) is 1.83. The summed E-state index contributed by atoms with van der Waals surface area (Å²) in [6, 6.07) is 0.197. The first-order valence-electron chi connectivity index (χ1n) is 6.03. The molecule has 1 unspecified atom stereocenters. The number of amides is 2. The lowest BCUT2D eigenvalue weighted by atomic mass is 10.2. The van der Waals surface area contributed by atoms with Crippen LogP contribution in [0.25, 0.3) is 0 Å². The summed E-state index contributed by atoms with van der Waals surface area (Å²) >= 11 is 0. The lowest BCUT2D eigenvalue weighted by molar-refractivity contribution is 0.182. The molecule has 94 valence electrons. The molecule has 1 rings (SSSR count). The average molecular weight is 229 g/mol. The van der Waals surface area contributed by atoms with Crippen molar-refractivity contribution in [2.45, 2.75) is 31.7 Å². The second-order valence-electron chi connectivity index (χ2n) is 4.28. The number of nitrogens with zero attached hydrogens (tertiary/aromatic N) is 1. The van der Waals surface area contributed by atoms with Crippen molar-refractivity contribution in [2.24, 2.45) is 5.73 Å². The van der Waals surface area contributed by atoms with Gasteiger partial charge in [-0.2, -0.15) is 0 Å². The Morgan fingerprint density at radius 2 is 2.31 bits per heavy atom. The highest BCUT2D eigenvalue weighted by Gasteiger charge is 2.19. The number of carbonyl (C=O) groups excluding carboxylic acids is 1. The normalized spacial score (nSPS) is 19.8. The van der Waals surface area contributed by atoms with E-state index in [4.69, 9.17) is 10.5 Å². The van der Waals surface area contributed by atoms with Crippen LogP contribution in [0.1, 0.15) is 25.7 Å². The number of rotatable bonds is 6. The number of carbonyl (C=O) groups is 1. The summed E-state index contributed by atoms with van der Waals surface area (Å²) in [4.78, 5) is 13.4. The fraction of sp³-hybridized carbons (Fsp3) is 0.909. The van der Waals surface area contributed by atoms with Gasteiger partial charge in [-0.15, -0.1) is 0 Å². The second-order valence-corrected chi connectivity index (χ2v) is 4.28. The molecular weight excluding hydrogens is 206 g/mol. The van der Waals surface area contributed by atoms with E-state index in [1.807, 2.05) is 7.05 Å². The third-order valence-corrected chi connectivity index (χ3v) is 2.80. The largest absolute Gasteiger partial charge is 0.379 e. The maximum Gasteiger partial charge on any atom is 0.317 e. The van der Waals surface area contributed by atoms with E-state index >= 15 is 0 Å². The number of hydrogen-bond acceptors (Lipinski definition) is 3. The van der Waals surface area contributed by atoms with E-state index in [2.05, 4.69) is 5.32 Å². The highest BCUT2D eigenvalue weighted by Crippen LogP contribution is 2.04. The van der Waals surface area contributed by atoms with Crippen LogP contribution < -0.4 is 11.1 Å². The van der Waals surface area contributed by atoms with Gasteiger partial charge < -0.3 is 20.7 Å². The van der Waals surface area contributed by atoms with Gasteiger partial charge >= 0.3 is 6.03 Å². The zero-order valence-electron chi connectivity index (χ0n) is 10.1. The lowest BCUT2D eigenvalue weighted by Gasteiger charge is -2.20. The Morgan fingerprint density at radius 3 is 2.94 bits per heavy atom. The zero-order chi connectivity index (χ0) is 11.8. The Morgan fingerprint density at radius 1 is 1.50 bits per heavy atom. The number of urea groups is 1. The smallest absolute Gasteiger partial charge is 0.317 e. The molecule has 0 bridgehead atoms. The van der Waals surface area contributed by atoms with Crippen molar-refractivity contribution in [1.29, 1.82) is 0 Å². The molecule has 0 aromatic rings. The van der Waals surface area contributed by atoms with E-state index < -0.39 is 0 Å². The van der Waals surface area contributed by atoms with Gasteiger partial charge in [0.2, 0.25) is 0 Å². The summed E-state index contributed by atoms with van der Waals surface area (Å²) in [6.07, 6.45) is 4.06. The average Bonchev–Trinajstić information content (AvgIpc) is 2.76. The summed E-state index contributed by atoms with van der Waals surface area (Å²) in [6.45, 7) is 2.92. The van der Waals surface area contributed by atoms with Crippen LogP contribution in [0.4, 0.5) is 4.79 Å². The molecule has 1 aliphatic rings. The van der Waals surface area contributed by atoms with Gasteiger partial charge in [-0.1, -0.05) is 6.42 Å². The Labute approximate surface area is 97.3 Å². The predicted octanol–water partition coefficient (Wildman–Crippen LogP) is 0.546. The minimum absolute atomic E-state index is 0.00301. The molecular formula is C11H23N3O2. The third kappa shape index (κ3) is 4.81. The Bertz CT molecular complexity index is 205. The van der Waals surface area contributed by atoms with E-state index in [0.717, 1.165) is 45.4 Å². The molecule has 2 amide bonds. The highest BCUT2D eigenvalue weighted by molar-refractivity contribution is 5.74. The molecule has 1 saturated heterocycles. The van der Waals surface area contributed by atoms with Crippen LogP contribution in [0.2, 0.25) is 0 Å². The lowest BCUT2D eigenvalue weighted by Crippen LogP contribution is -2.43. The van der Waals surface area contributed by atoms with Gasteiger partial charge in [-0.3, -0.25) is 0 Å². The molecule has 5 heteroatoms. The molecule has 0 radical (unpaired) electrons. The summed E-state index contributed by atoms with van der Waals surface area (Å²) in [5.74, 6) is 0. The predicted molar refractivity (Wildman–Crippen MR) is 63.3 cm³/mol. The number of nitrogens with two attached hydrogens (primary N) is 1. The van der Waals surface area contributed by atoms with Crippen molar-refractivity contribution in [1.82, 2.24) is 10.2 Å². The van der Waals surface area contributed by atoms with Crippen molar-refractivity contribution in [3.05, 3.63) is 0 Å². The van der Waals surface area contributed by atoms with Gasteiger partial charge in [0.15, 0.2) is 0 Å². The Balaban J connectivity index is 2.09. The van der Waals surface area contributed by atoms with Gasteiger partial charge in [0, 0.05) is 20.2 Å². The standard InChI is InChI=1S/C11H23N3O2/c1-14(7-4-2-3-6-12)11(15)13-10-5-8-16-9-10/h10H,2-9,12H2,1H3,(H,13,15). The fourth-order valence-electron chi connectivity index (χ4n) is 1.70. The molecule has 1 atom stereocenters. The molecule has 0 aromatic carbocycles. The van der Waals surface area contributed by atoms with Gasteiger partial charge in [0.05, 0.1) is 12.6 Å². The number of unbranched alkanes of at least 4 members (excludes halogenated alkanes) is 2. The van der Waals surface area contributed by atoms with Crippen molar-refractivity contribution < 1.29 is 9.53 Å². The van der Waals surface area contributed by atoms with E-state index in [-0.39, 0.29) is 12.1 Å². The Hall–Kier alpha value is -0.810. The highest BCUT2D eigenvalue weighted by atomic mass is 16.5. The molecule has 0 aliphatic carbocycles. The van der Waals surface area contributed by atoms with Crippen LogP contribution in [0.5, 0.6) is 0 Å². The quantitative estimate of drug-likeness (QED) is 0.653. The molecule has 0 spiro atoms. The van der Waals surface area contributed by atoms with Crippen molar-refractivity contribution in [2.75, 3.05) is 33.4 Å². The topological polar surface area (TPSA) is 67.6 Å². The summed E-state index contributed by atoms with van der Waals surface area (Å²) in [5, 5.41) is 2.96. The van der Waals surface area contributed by atoms with Crippen LogP contribution in [-0.2, 0) is 4.74 Å². The van der Waals surface area contributed by atoms with Crippen LogP contribution in [0.15, 0.2) is 0 Å². The molecule has 0 aromatic heterocycles. The Kier molecular flexibility index (Phi) is 6.18. The van der Waals surface area contributed by atoms with Crippen LogP contribution >= 0.6 is 0 Å². The molecule has 16 heavy (non-hydrogen) atoms. The number of ether oxygens (including phenoxy) is 1. The monoisotopic (exact) mass is 229 g/mol. The first-order valence-corrected chi connectivity index (χ1v) is 6.03. The summed E-state index contributed by atoms with van der Waals surface area (Å²) in [5.41, 5.74) is 5.41. The molecule has 1 fully saturated rings. The van der Waals surface area contributed by atoms with Gasteiger partial charge in [-0.25, -0.2) is 4.79 Å². The van der Waals surface area contributed by atoms with E-state index in [1.165, 1.54) is 0 Å². The van der Waals surface area contributed by atoms with Gasteiger partial charge in [0.25, 0.3) is 0 Å². The van der Waals surface area contributed by atoms with Crippen LogP contribution in [0.3, 0.4) is 0 Å². The van der Waals surface area contributed by atoms with E-state index in [9.17, 15) is 4.79 Å². The van der Waals surface area contributed by atoms with E-state index in [0.29, 0.717) is 6.61 Å². The first-order chi connectivity index (χ1) is 7.74. The minimum atomic E-state index is 0.00301. The second kappa shape index (κ2) is 7.46. The van der Waals surface area contributed by atoms with Crippen LogP contribution in [0, 0.1) is 0 Å². The van der Waals surface area contributed by atoms with Crippen molar-refractivity contribution in [3.8, 4) is 0 Å². The van der Waals surface area contributed by atoms with E-state index in [1.54, 1.807) is 4.90 Å². The molecule has 5 nitrogen and oxygen atoms in total. The molecule has 1 heterocycles. The third-order valence-electron chi connectivity index (χ3n) is 2.80. The molecule has 1 aliphatic heterocycles. The van der Waals surface area contributed by atoms with Gasteiger partial charge in [0.1, 0.15) is 0 Å². The number of hydrogen-bond donors (Lipinski definition) is 2. The maximum atomic E-state index is 11.7. The SMILES string of the molecule is CN(CCCCCN)C(=O)NC1CCOC1. The minimum Gasteiger partial charge on any atom is -0.379 e. The maximum absolute atomic E-state index is 11.7. The molecule has 0 saturated carbocycles. The number of nitrogens with one attached hydrogen (secondary N) is 1. The van der Waals surface area contributed by atoms with Crippen molar-refractivity contribution >= 4 is 6.03 Å². The van der Waals surface area contributed by atoms with Crippen LogP contribution in [-0.4, -0.2) is 50.3 Å². The van der Waals surface area contributed by atoms with Gasteiger partial charge in [-0.05, 0) is 25.8 Å². The first kappa shape index (κ1) is 13.3.